The number of nitrogens with one attached hydrogen (secondary N) is 1. The lowest BCUT2D eigenvalue weighted by molar-refractivity contribution is -0.402. The number of hydrogen-bond donors (Lipinski definition) is 1. The highest BCUT2D eigenvalue weighted by atomic mass is 35.5. The number of carbonyl (C=O) groups excluding carboxylic acids is 1. The van der Waals surface area contributed by atoms with E-state index in [4.69, 9.17) is 11.6 Å². The van der Waals surface area contributed by atoms with Crippen molar-refractivity contribution in [2.24, 2.45) is 0 Å². The molecule has 0 bridgehead atoms. The highest BCUT2D eigenvalue weighted by molar-refractivity contribution is 7.16. The predicted octanol–water partition coefficient (Wildman–Crippen LogP) is 4.41. The van der Waals surface area contributed by atoms with E-state index >= 15 is 0 Å². The number of halogens is 1. The summed E-state index contributed by atoms with van der Waals surface area (Å²) in [5.74, 6) is -0.204. The van der Waals surface area contributed by atoms with E-state index in [0.29, 0.717) is 21.2 Å². The van der Waals surface area contributed by atoms with E-state index < -0.39 is 4.92 Å². The third-order valence-electron chi connectivity index (χ3n) is 3.14. The van der Waals surface area contributed by atoms with Crippen LogP contribution in [0.1, 0.15) is 26.4 Å². The van der Waals surface area contributed by atoms with Gasteiger partial charge in [0, 0.05) is 10.4 Å². The Bertz CT molecular complexity index is 768. The maximum atomic E-state index is 12.7. The van der Waals surface area contributed by atoms with E-state index in [1.165, 1.54) is 17.5 Å². The largest absolute Gasteiger partial charge is 0.348 e. The van der Waals surface area contributed by atoms with Crippen LogP contribution in [0.15, 0.2) is 36.7 Å². The summed E-state index contributed by atoms with van der Waals surface area (Å²) in [5, 5.41) is 14.1. The lowest BCUT2D eigenvalue weighted by Crippen LogP contribution is -2.05. The molecule has 7 heteroatoms. The zero-order chi connectivity index (χ0) is 16.3. The quantitative estimate of drug-likeness (QED) is 0.498. The SMILES string of the molecule is Cc1sc(NC=C[N+](=O)[O-])c(C(=O)c2ccccc2Cl)c1C. The van der Waals surface area contributed by atoms with Gasteiger partial charge in [-0.3, -0.25) is 14.9 Å². The average Bonchev–Trinajstić information content (AvgIpc) is 2.73. The molecule has 0 fully saturated rings. The molecule has 0 aliphatic heterocycles. The molecule has 0 aliphatic carbocycles. The summed E-state index contributed by atoms with van der Waals surface area (Å²) < 4.78 is 0. The first-order valence-electron chi connectivity index (χ1n) is 6.37. The Morgan fingerprint density at radius 3 is 2.68 bits per heavy atom. The Kier molecular flexibility index (Phi) is 4.95. The van der Waals surface area contributed by atoms with Crippen molar-refractivity contribution < 1.29 is 9.72 Å². The lowest BCUT2D eigenvalue weighted by Gasteiger charge is -2.06. The normalized spacial score (nSPS) is 10.9. The van der Waals surface area contributed by atoms with Crippen LogP contribution in [0.5, 0.6) is 0 Å². The van der Waals surface area contributed by atoms with Crippen molar-refractivity contribution in [2.45, 2.75) is 13.8 Å². The number of aryl methyl sites for hydroxylation is 1. The van der Waals surface area contributed by atoms with Crippen molar-refractivity contribution in [1.29, 1.82) is 0 Å². The Balaban J connectivity index is 2.44. The number of benzene rings is 1. The van der Waals surface area contributed by atoms with E-state index in [1.54, 1.807) is 24.3 Å². The predicted molar refractivity (Wildman–Crippen MR) is 88.4 cm³/mol. The minimum Gasteiger partial charge on any atom is -0.348 e. The summed E-state index contributed by atoms with van der Waals surface area (Å²) in [6.45, 7) is 3.74. The molecule has 5 nitrogen and oxygen atoms in total. The summed E-state index contributed by atoms with van der Waals surface area (Å²) in [4.78, 5) is 23.5. The van der Waals surface area contributed by atoms with E-state index in [2.05, 4.69) is 5.32 Å². The van der Waals surface area contributed by atoms with Gasteiger partial charge in [-0.15, -0.1) is 11.3 Å². The Labute approximate surface area is 136 Å². The zero-order valence-corrected chi connectivity index (χ0v) is 13.5. The highest BCUT2D eigenvalue weighted by Gasteiger charge is 2.22. The number of nitrogens with zero attached hydrogens (tertiary/aromatic N) is 1. The van der Waals surface area contributed by atoms with E-state index in [0.717, 1.165) is 16.6 Å². The fraction of sp³-hybridized carbons (Fsp3) is 0.133. The van der Waals surface area contributed by atoms with Crippen LogP contribution in [0.2, 0.25) is 5.02 Å². The van der Waals surface area contributed by atoms with Gasteiger partial charge >= 0.3 is 0 Å². The van der Waals surface area contributed by atoms with Gasteiger partial charge in [-0.2, -0.15) is 0 Å². The first-order valence-corrected chi connectivity index (χ1v) is 7.57. The van der Waals surface area contributed by atoms with Crippen LogP contribution in [0, 0.1) is 24.0 Å². The topological polar surface area (TPSA) is 72.2 Å². The highest BCUT2D eigenvalue weighted by Crippen LogP contribution is 2.35. The van der Waals surface area contributed by atoms with Crippen LogP contribution in [-0.4, -0.2) is 10.7 Å². The van der Waals surface area contributed by atoms with Crippen LogP contribution in [0.25, 0.3) is 0 Å². The van der Waals surface area contributed by atoms with Crippen molar-refractivity contribution in [2.75, 3.05) is 5.32 Å². The minimum atomic E-state index is -0.574. The number of thiophene rings is 1. The van der Waals surface area contributed by atoms with Crippen LogP contribution in [0.4, 0.5) is 5.00 Å². The second-order valence-electron chi connectivity index (χ2n) is 4.54. The summed E-state index contributed by atoms with van der Waals surface area (Å²) in [5.41, 5.74) is 1.74. The van der Waals surface area contributed by atoms with E-state index in [1.807, 2.05) is 13.8 Å². The summed E-state index contributed by atoms with van der Waals surface area (Å²) in [6, 6.07) is 6.81. The standard InChI is InChI=1S/C15H13ClN2O3S/c1-9-10(2)22-15(17-7-8-18(20)21)13(9)14(19)11-5-3-4-6-12(11)16/h3-8,17H,1-2H3. The van der Waals surface area contributed by atoms with Crippen molar-refractivity contribution in [1.82, 2.24) is 0 Å². The molecule has 1 aromatic heterocycles. The Morgan fingerprint density at radius 2 is 2.05 bits per heavy atom. The maximum absolute atomic E-state index is 12.7. The van der Waals surface area contributed by atoms with Crippen LogP contribution < -0.4 is 5.32 Å². The van der Waals surface area contributed by atoms with Gasteiger partial charge in [0.15, 0.2) is 5.78 Å². The second-order valence-corrected chi connectivity index (χ2v) is 6.17. The summed E-state index contributed by atoms with van der Waals surface area (Å²) >= 11 is 7.46. The maximum Gasteiger partial charge on any atom is 0.250 e. The lowest BCUT2D eigenvalue weighted by atomic mass is 10.0. The molecule has 0 saturated heterocycles. The van der Waals surface area contributed by atoms with Crippen molar-refractivity contribution in [3.05, 3.63) is 73.4 Å². The van der Waals surface area contributed by atoms with Crippen molar-refractivity contribution in [3.63, 3.8) is 0 Å². The van der Waals surface area contributed by atoms with Gasteiger partial charge in [-0.25, -0.2) is 0 Å². The van der Waals surface area contributed by atoms with Gasteiger partial charge in [-0.05, 0) is 31.5 Å². The molecule has 2 rings (SSSR count). The molecule has 0 atom stereocenters. The smallest absolute Gasteiger partial charge is 0.250 e. The third-order valence-corrected chi connectivity index (χ3v) is 4.61. The molecule has 114 valence electrons. The Morgan fingerprint density at radius 1 is 1.36 bits per heavy atom. The number of carbonyl (C=O) groups is 1. The molecule has 0 radical (unpaired) electrons. The number of ketones is 1. The first-order chi connectivity index (χ1) is 10.4. The van der Waals surface area contributed by atoms with Crippen LogP contribution >= 0.6 is 22.9 Å². The molecule has 22 heavy (non-hydrogen) atoms. The number of rotatable bonds is 5. The van der Waals surface area contributed by atoms with Gasteiger partial charge < -0.3 is 5.32 Å². The molecule has 1 aromatic carbocycles. The van der Waals surface area contributed by atoms with Gasteiger partial charge in [0.2, 0.25) is 6.20 Å². The number of anilines is 1. The number of hydrogen-bond acceptors (Lipinski definition) is 5. The molecule has 0 saturated carbocycles. The van der Waals surface area contributed by atoms with Crippen LogP contribution in [0.3, 0.4) is 0 Å². The average molecular weight is 337 g/mol. The van der Waals surface area contributed by atoms with Crippen molar-refractivity contribution in [3.8, 4) is 0 Å². The monoisotopic (exact) mass is 336 g/mol. The van der Waals surface area contributed by atoms with Crippen LogP contribution in [-0.2, 0) is 0 Å². The fourth-order valence-electron chi connectivity index (χ4n) is 1.96. The molecular formula is C15H13ClN2O3S. The van der Waals surface area contributed by atoms with Crippen molar-refractivity contribution >= 4 is 33.7 Å². The fourth-order valence-corrected chi connectivity index (χ4v) is 3.21. The van der Waals surface area contributed by atoms with Gasteiger partial charge in [-0.1, -0.05) is 23.7 Å². The number of nitro groups is 1. The second kappa shape index (κ2) is 6.72. The molecular weight excluding hydrogens is 324 g/mol. The first kappa shape index (κ1) is 16.2. The summed E-state index contributed by atoms with van der Waals surface area (Å²) in [6.07, 6.45) is 1.99. The molecule has 2 aromatic rings. The van der Waals surface area contributed by atoms with E-state index in [9.17, 15) is 14.9 Å². The molecule has 0 spiro atoms. The van der Waals surface area contributed by atoms with Gasteiger partial charge in [0.25, 0.3) is 0 Å². The molecule has 1 N–H and O–H groups in total. The zero-order valence-electron chi connectivity index (χ0n) is 11.9. The molecule has 0 aliphatic rings. The molecule has 1 heterocycles. The Hall–Kier alpha value is -2.18. The molecule has 0 unspecified atom stereocenters. The van der Waals surface area contributed by atoms with E-state index in [-0.39, 0.29) is 5.78 Å². The minimum absolute atomic E-state index is 0.204. The van der Waals surface area contributed by atoms with Gasteiger partial charge in [0.1, 0.15) is 5.00 Å². The van der Waals surface area contributed by atoms with Gasteiger partial charge in [0.05, 0.1) is 21.7 Å². The third kappa shape index (κ3) is 3.35. The molecule has 0 amide bonds. The summed E-state index contributed by atoms with van der Waals surface area (Å²) in [7, 11) is 0.